The Morgan fingerprint density at radius 1 is 1.45 bits per heavy atom. The second kappa shape index (κ2) is 6.98. The van der Waals surface area contributed by atoms with E-state index >= 15 is 0 Å². The molecule has 1 aromatic heterocycles. The Balaban J connectivity index is 2.91. The van der Waals surface area contributed by atoms with Crippen molar-refractivity contribution in [2.75, 3.05) is 12.8 Å². The summed E-state index contributed by atoms with van der Waals surface area (Å²) in [5.41, 5.74) is 6.72. The fraction of sp³-hybridized carbons (Fsp3) is 0.571. The van der Waals surface area contributed by atoms with Crippen LogP contribution in [0.1, 0.15) is 37.7 Å². The monoisotopic (exact) mass is 281 g/mol. The number of hydrogen-bond acceptors (Lipinski definition) is 4. The summed E-state index contributed by atoms with van der Waals surface area (Å²) in [5, 5.41) is 2.71. The number of nitrogens with two attached hydrogens (primary N) is 1. The van der Waals surface area contributed by atoms with Crippen molar-refractivity contribution in [2.45, 2.75) is 39.8 Å². The lowest BCUT2D eigenvalue weighted by Gasteiger charge is -2.20. The molecule has 0 radical (unpaired) electrons. The van der Waals surface area contributed by atoms with Crippen LogP contribution in [-0.2, 0) is 16.1 Å². The predicted octanol–water partition coefficient (Wildman–Crippen LogP) is 1.41. The summed E-state index contributed by atoms with van der Waals surface area (Å²) in [6.07, 6.45) is 2.61. The van der Waals surface area contributed by atoms with E-state index in [9.17, 15) is 9.59 Å². The molecule has 0 aliphatic rings. The van der Waals surface area contributed by atoms with Gasteiger partial charge in [0.15, 0.2) is 0 Å². The van der Waals surface area contributed by atoms with Gasteiger partial charge in [0.05, 0.1) is 12.8 Å². The summed E-state index contributed by atoms with van der Waals surface area (Å²) in [6, 6.07) is 0.943. The Hall–Kier alpha value is -1.98. The molecule has 1 atom stereocenters. The van der Waals surface area contributed by atoms with Crippen LogP contribution in [0.4, 0.5) is 5.69 Å². The number of amides is 1. The second-order valence-corrected chi connectivity index (χ2v) is 5.07. The third-order valence-electron chi connectivity index (χ3n) is 3.02. The number of aryl methyl sites for hydroxylation is 1. The van der Waals surface area contributed by atoms with Gasteiger partial charge in [-0.2, -0.15) is 0 Å². The number of nitrogens with one attached hydrogen (secondary N) is 1. The van der Waals surface area contributed by atoms with E-state index in [1.54, 1.807) is 16.8 Å². The molecule has 1 rings (SSSR count). The van der Waals surface area contributed by atoms with E-state index < -0.39 is 12.0 Å². The smallest absolute Gasteiger partial charge is 0.328 e. The van der Waals surface area contributed by atoms with Crippen LogP contribution < -0.4 is 11.1 Å². The molecule has 0 bridgehead atoms. The van der Waals surface area contributed by atoms with Gasteiger partial charge < -0.3 is 20.4 Å². The van der Waals surface area contributed by atoms with E-state index in [4.69, 9.17) is 10.5 Å². The van der Waals surface area contributed by atoms with Crippen LogP contribution in [0.2, 0.25) is 0 Å². The van der Waals surface area contributed by atoms with Gasteiger partial charge >= 0.3 is 5.97 Å². The molecule has 1 heterocycles. The number of nitrogen functional groups attached to an aromatic ring is 1. The fourth-order valence-electron chi connectivity index (χ4n) is 1.99. The van der Waals surface area contributed by atoms with E-state index in [0.717, 1.165) is 6.42 Å². The van der Waals surface area contributed by atoms with Crippen LogP contribution in [-0.4, -0.2) is 29.6 Å². The number of rotatable bonds is 6. The Morgan fingerprint density at radius 3 is 2.60 bits per heavy atom. The summed E-state index contributed by atoms with van der Waals surface area (Å²) >= 11 is 0. The Kier molecular flexibility index (Phi) is 5.61. The van der Waals surface area contributed by atoms with Crippen molar-refractivity contribution in [3.63, 3.8) is 0 Å². The molecular formula is C14H23N3O3. The number of anilines is 1. The van der Waals surface area contributed by atoms with Crippen molar-refractivity contribution in [1.29, 1.82) is 0 Å². The molecule has 0 aliphatic heterocycles. The van der Waals surface area contributed by atoms with Gasteiger partial charge in [-0.3, -0.25) is 4.79 Å². The van der Waals surface area contributed by atoms with Gasteiger partial charge in [0.2, 0.25) is 0 Å². The van der Waals surface area contributed by atoms with Crippen molar-refractivity contribution >= 4 is 17.6 Å². The summed E-state index contributed by atoms with van der Waals surface area (Å²) in [6.45, 7) is 6.41. The molecule has 6 nitrogen and oxygen atoms in total. The molecule has 112 valence electrons. The second-order valence-electron chi connectivity index (χ2n) is 5.07. The van der Waals surface area contributed by atoms with Crippen molar-refractivity contribution < 1.29 is 14.3 Å². The standard InChI is InChI=1S/C14H23N3O3/c1-5-6-17-8-10(15)7-11(17)13(18)16-12(9(2)3)14(19)20-4/h7-9,12H,5-6,15H2,1-4H3,(H,16,18). The van der Waals surface area contributed by atoms with Crippen LogP contribution in [0.3, 0.4) is 0 Å². The average Bonchev–Trinajstić information content (AvgIpc) is 2.76. The molecule has 1 aromatic rings. The highest BCUT2D eigenvalue weighted by atomic mass is 16.5. The molecule has 6 heteroatoms. The number of esters is 1. The molecule has 0 aromatic carbocycles. The van der Waals surface area contributed by atoms with E-state index in [-0.39, 0.29) is 11.8 Å². The first-order valence-corrected chi connectivity index (χ1v) is 6.75. The number of carbonyl (C=O) groups is 2. The highest BCUT2D eigenvalue weighted by Crippen LogP contribution is 2.13. The maximum absolute atomic E-state index is 12.3. The first-order chi connectivity index (χ1) is 9.40. The van der Waals surface area contributed by atoms with Crippen LogP contribution in [0.25, 0.3) is 0 Å². The maximum Gasteiger partial charge on any atom is 0.328 e. The quantitative estimate of drug-likeness (QED) is 0.772. The van der Waals surface area contributed by atoms with E-state index in [0.29, 0.717) is 17.9 Å². The molecule has 3 N–H and O–H groups in total. The number of hydrogen-bond donors (Lipinski definition) is 2. The molecule has 1 unspecified atom stereocenters. The highest BCUT2D eigenvalue weighted by Gasteiger charge is 2.26. The lowest BCUT2D eigenvalue weighted by Crippen LogP contribution is -2.45. The minimum absolute atomic E-state index is 0.0571. The van der Waals surface area contributed by atoms with E-state index in [1.165, 1.54) is 7.11 Å². The van der Waals surface area contributed by atoms with Gasteiger partial charge in [0.25, 0.3) is 5.91 Å². The van der Waals surface area contributed by atoms with Gasteiger partial charge in [0.1, 0.15) is 11.7 Å². The van der Waals surface area contributed by atoms with E-state index in [1.807, 2.05) is 20.8 Å². The first kappa shape index (κ1) is 16.1. The van der Waals surface area contributed by atoms with Gasteiger partial charge in [0, 0.05) is 12.7 Å². The third-order valence-corrected chi connectivity index (χ3v) is 3.02. The zero-order valence-electron chi connectivity index (χ0n) is 12.5. The normalized spacial score (nSPS) is 12.2. The summed E-state index contributed by atoms with van der Waals surface area (Å²) in [4.78, 5) is 24.0. The number of nitrogens with zero attached hydrogens (tertiary/aromatic N) is 1. The number of aromatic nitrogens is 1. The van der Waals surface area contributed by atoms with E-state index in [2.05, 4.69) is 5.32 Å². The predicted molar refractivity (Wildman–Crippen MR) is 77.2 cm³/mol. The van der Waals surface area contributed by atoms with Gasteiger partial charge in [-0.15, -0.1) is 0 Å². The lowest BCUT2D eigenvalue weighted by atomic mass is 10.0. The molecule has 0 fully saturated rings. The largest absolute Gasteiger partial charge is 0.467 e. The van der Waals surface area contributed by atoms with Crippen LogP contribution >= 0.6 is 0 Å². The van der Waals surface area contributed by atoms with Gasteiger partial charge in [-0.1, -0.05) is 20.8 Å². The van der Waals surface area contributed by atoms with Crippen molar-refractivity contribution in [2.24, 2.45) is 5.92 Å². The van der Waals surface area contributed by atoms with Gasteiger partial charge in [-0.25, -0.2) is 4.79 Å². The zero-order chi connectivity index (χ0) is 15.3. The topological polar surface area (TPSA) is 86.4 Å². The summed E-state index contributed by atoms with van der Waals surface area (Å²) in [7, 11) is 1.31. The fourth-order valence-corrected chi connectivity index (χ4v) is 1.99. The number of ether oxygens (including phenoxy) is 1. The minimum Gasteiger partial charge on any atom is -0.467 e. The third kappa shape index (κ3) is 3.76. The molecule has 0 saturated carbocycles. The van der Waals surface area contributed by atoms with Crippen molar-refractivity contribution in [1.82, 2.24) is 9.88 Å². The maximum atomic E-state index is 12.3. The number of carbonyl (C=O) groups excluding carboxylic acids is 2. The molecule has 0 saturated heterocycles. The number of methoxy groups -OCH3 is 1. The molecule has 20 heavy (non-hydrogen) atoms. The van der Waals surface area contributed by atoms with Crippen LogP contribution in [0.15, 0.2) is 12.3 Å². The Bertz CT molecular complexity index is 480. The van der Waals surface area contributed by atoms with Crippen molar-refractivity contribution in [3.05, 3.63) is 18.0 Å². The molecule has 0 aliphatic carbocycles. The lowest BCUT2D eigenvalue weighted by molar-refractivity contribution is -0.144. The molecule has 1 amide bonds. The van der Waals surface area contributed by atoms with Crippen LogP contribution in [0, 0.1) is 5.92 Å². The molecular weight excluding hydrogens is 258 g/mol. The highest BCUT2D eigenvalue weighted by molar-refractivity contribution is 5.96. The van der Waals surface area contributed by atoms with Gasteiger partial charge in [-0.05, 0) is 18.4 Å². The summed E-state index contributed by atoms with van der Waals surface area (Å²) < 4.78 is 6.50. The molecule has 0 spiro atoms. The minimum atomic E-state index is -0.668. The zero-order valence-corrected chi connectivity index (χ0v) is 12.5. The SMILES string of the molecule is CCCn1cc(N)cc1C(=O)NC(C(=O)OC)C(C)C. The Morgan fingerprint density at radius 2 is 2.10 bits per heavy atom. The van der Waals surface area contributed by atoms with Crippen LogP contribution in [0.5, 0.6) is 0 Å². The Labute approximate surface area is 119 Å². The first-order valence-electron chi connectivity index (χ1n) is 6.75. The van der Waals surface area contributed by atoms with Crippen molar-refractivity contribution in [3.8, 4) is 0 Å². The summed E-state index contributed by atoms with van der Waals surface area (Å²) in [5.74, 6) is -0.826. The average molecular weight is 281 g/mol.